The van der Waals surface area contributed by atoms with Crippen LogP contribution < -0.4 is 10.2 Å². The van der Waals surface area contributed by atoms with Gasteiger partial charge in [-0.15, -0.1) is 0 Å². The third-order valence-corrected chi connectivity index (χ3v) is 7.47. The Morgan fingerprint density at radius 2 is 1.61 bits per heavy atom. The summed E-state index contributed by atoms with van der Waals surface area (Å²) in [7, 11) is -3.46. The van der Waals surface area contributed by atoms with Crippen molar-refractivity contribution in [3.05, 3.63) is 95.1 Å². The van der Waals surface area contributed by atoms with E-state index in [2.05, 4.69) is 46.6 Å². The molecule has 0 aromatic heterocycles. The Morgan fingerprint density at radius 1 is 0.935 bits per heavy atom. The fourth-order valence-electron chi connectivity index (χ4n) is 3.91. The molecule has 0 saturated heterocycles. The molecule has 1 heterocycles. The standard InChI is InChI=1S/C25H26N2O3S/c1-2-31(29,30)24-10-6-4-8-22(24)25(28)26-17-19-11-13-20(14-12-19)18-27-16-15-21-7-3-5-9-23(21)27/h3-14H,2,15-18H2,1H3,(H,26,28). The minimum atomic E-state index is -3.46. The van der Waals surface area contributed by atoms with Crippen molar-refractivity contribution in [3.8, 4) is 0 Å². The number of fused-ring (bicyclic) bond motifs is 1. The van der Waals surface area contributed by atoms with Gasteiger partial charge in [-0.25, -0.2) is 8.42 Å². The van der Waals surface area contributed by atoms with E-state index in [0.29, 0.717) is 6.54 Å². The number of hydrogen-bond donors (Lipinski definition) is 1. The average Bonchev–Trinajstić information content (AvgIpc) is 3.21. The van der Waals surface area contributed by atoms with Crippen LogP contribution in [-0.4, -0.2) is 26.6 Å². The number of nitrogens with zero attached hydrogens (tertiary/aromatic N) is 1. The van der Waals surface area contributed by atoms with Crippen molar-refractivity contribution >= 4 is 21.4 Å². The monoisotopic (exact) mass is 434 g/mol. The average molecular weight is 435 g/mol. The van der Waals surface area contributed by atoms with Gasteiger partial charge in [-0.3, -0.25) is 4.79 Å². The first-order chi connectivity index (χ1) is 15.0. The van der Waals surface area contributed by atoms with Crippen LogP contribution in [0, 0.1) is 0 Å². The van der Waals surface area contributed by atoms with Gasteiger partial charge in [-0.05, 0) is 41.3 Å². The van der Waals surface area contributed by atoms with E-state index >= 15 is 0 Å². The third-order valence-electron chi connectivity index (χ3n) is 5.68. The Kier molecular flexibility index (Phi) is 6.09. The summed E-state index contributed by atoms with van der Waals surface area (Å²) >= 11 is 0. The van der Waals surface area contributed by atoms with Crippen LogP contribution in [0.3, 0.4) is 0 Å². The summed E-state index contributed by atoms with van der Waals surface area (Å²) in [5, 5.41) is 2.84. The van der Waals surface area contributed by atoms with Crippen molar-refractivity contribution in [1.29, 1.82) is 0 Å². The van der Waals surface area contributed by atoms with Crippen LogP contribution in [-0.2, 0) is 29.3 Å². The summed E-state index contributed by atoms with van der Waals surface area (Å²) in [4.78, 5) is 15.1. The fourth-order valence-corrected chi connectivity index (χ4v) is 5.00. The van der Waals surface area contributed by atoms with Crippen molar-refractivity contribution in [1.82, 2.24) is 5.32 Å². The van der Waals surface area contributed by atoms with Crippen LogP contribution in [0.1, 0.15) is 34.0 Å². The van der Waals surface area contributed by atoms with Gasteiger partial charge in [-0.1, -0.05) is 61.5 Å². The summed E-state index contributed by atoms with van der Waals surface area (Å²) in [5.74, 6) is -0.425. The minimum Gasteiger partial charge on any atom is -0.367 e. The van der Waals surface area contributed by atoms with Gasteiger partial charge >= 0.3 is 0 Å². The van der Waals surface area contributed by atoms with E-state index < -0.39 is 9.84 Å². The highest BCUT2D eigenvalue weighted by molar-refractivity contribution is 7.91. The first-order valence-electron chi connectivity index (χ1n) is 10.5. The maximum atomic E-state index is 12.6. The van der Waals surface area contributed by atoms with Gasteiger partial charge < -0.3 is 10.2 Å². The van der Waals surface area contributed by atoms with E-state index in [4.69, 9.17) is 0 Å². The van der Waals surface area contributed by atoms with Crippen LogP contribution in [0.5, 0.6) is 0 Å². The van der Waals surface area contributed by atoms with Crippen LogP contribution in [0.15, 0.2) is 77.7 Å². The molecule has 1 aliphatic heterocycles. The number of sulfone groups is 1. The maximum Gasteiger partial charge on any atom is 0.252 e. The van der Waals surface area contributed by atoms with Gasteiger partial charge in [0.1, 0.15) is 0 Å². The lowest BCUT2D eigenvalue weighted by atomic mass is 10.1. The molecule has 1 N–H and O–H groups in total. The van der Waals surface area contributed by atoms with Crippen LogP contribution >= 0.6 is 0 Å². The lowest BCUT2D eigenvalue weighted by Crippen LogP contribution is -2.25. The summed E-state index contributed by atoms with van der Waals surface area (Å²) in [6.45, 7) is 3.79. The second-order valence-electron chi connectivity index (χ2n) is 7.70. The van der Waals surface area contributed by atoms with Gasteiger partial charge in [0.25, 0.3) is 5.91 Å². The van der Waals surface area contributed by atoms with E-state index in [1.165, 1.54) is 22.9 Å². The number of nitrogens with one attached hydrogen (secondary N) is 1. The largest absolute Gasteiger partial charge is 0.367 e. The molecule has 3 aromatic carbocycles. The smallest absolute Gasteiger partial charge is 0.252 e. The zero-order valence-electron chi connectivity index (χ0n) is 17.5. The zero-order valence-corrected chi connectivity index (χ0v) is 18.4. The van der Waals surface area contributed by atoms with E-state index in [0.717, 1.165) is 25.1 Å². The second-order valence-corrected chi connectivity index (χ2v) is 9.95. The number of anilines is 1. The normalized spacial score (nSPS) is 13.1. The quantitative estimate of drug-likeness (QED) is 0.611. The summed E-state index contributed by atoms with van der Waals surface area (Å²) in [6.07, 6.45) is 1.08. The van der Waals surface area contributed by atoms with Crippen molar-refractivity contribution in [3.63, 3.8) is 0 Å². The molecule has 5 nitrogen and oxygen atoms in total. The first-order valence-corrected chi connectivity index (χ1v) is 12.1. The van der Waals surface area contributed by atoms with Gasteiger partial charge in [0, 0.05) is 25.3 Å². The number of para-hydroxylation sites is 1. The molecular weight excluding hydrogens is 408 g/mol. The molecule has 1 amide bonds. The minimum absolute atomic E-state index is 0.0414. The summed E-state index contributed by atoms with van der Waals surface area (Å²) in [5.41, 5.74) is 5.07. The Morgan fingerprint density at radius 3 is 2.39 bits per heavy atom. The number of hydrogen-bond acceptors (Lipinski definition) is 4. The molecule has 1 aliphatic rings. The van der Waals surface area contributed by atoms with Crippen LogP contribution in [0.4, 0.5) is 5.69 Å². The van der Waals surface area contributed by atoms with Gasteiger partial charge in [-0.2, -0.15) is 0 Å². The molecule has 0 fully saturated rings. The molecule has 0 saturated carbocycles. The van der Waals surface area contributed by atoms with E-state index in [9.17, 15) is 13.2 Å². The van der Waals surface area contributed by atoms with E-state index in [-0.39, 0.29) is 22.1 Å². The molecule has 0 aliphatic carbocycles. The lowest BCUT2D eigenvalue weighted by Gasteiger charge is -2.19. The van der Waals surface area contributed by atoms with Crippen molar-refractivity contribution in [2.75, 3.05) is 17.2 Å². The molecule has 31 heavy (non-hydrogen) atoms. The van der Waals surface area contributed by atoms with Crippen LogP contribution in [0.2, 0.25) is 0 Å². The number of benzene rings is 3. The fraction of sp³-hybridized carbons (Fsp3) is 0.240. The molecule has 0 bridgehead atoms. The molecule has 0 unspecified atom stereocenters. The summed E-state index contributed by atoms with van der Waals surface area (Å²) < 4.78 is 24.5. The van der Waals surface area contributed by atoms with Crippen molar-refractivity contribution in [2.45, 2.75) is 31.3 Å². The number of carbonyl (C=O) groups excluding carboxylic acids is 1. The highest BCUT2D eigenvalue weighted by Gasteiger charge is 2.20. The van der Waals surface area contributed by atoms with Gasteiger partial charge in [0.05, 0.1) is 16.2 Å². The second kappa shape index (κ2) is 8.94. The van der Waals surface area contributed by atoms with E-state index in [1.54, 1.807) is 25.1 Å². The Hall–Kier alpha value is -3.12. The Balaban J connectivity index is 1.39. The zero-order chi connectivity index (χ0) is 21.8. The predicted octanol–water partition coefficient (Wildman–Crippen LogP) is 3.97. The van der Waals surface area contributed by atoms with Crippen LogP contribution in [0.25, 0.3) is 0 Å². The number of rotatable bonds is 7. The molecular formula is C25H26N2O3S. The highest BCUT2D eigenvalue weighted by Crippen LogP contribution is 2.28. The molecule has 0 radical (unpaired) electrons. The Labute approximate surface area is 183 Å². The maximum absolute atomic E-state index is 12.6. The van der Waals surface area contributed by atoms with E-state index in [1.807, 2.05) is 12.1 Å². The number of carbonyl (C=O) groups is 1. The first kappa shape index (κ1) is 21.1. The van der Waals surface area contributed by atoms with Gasteiger partial charge in [0.15, 0.2) is 9.84 Å². The lowest BCUT2D eigenvalue weighted by molar-refractivity contribution is 0.0947. The van der Waals surface area contributed by atoms with Crippen molar-refractivity contribution < 1.29 is 13.2 Å². The van der Waals surface area contributed by atoms with Gasteiger partial charge in [0.2, 0.25) is 0 Å². The molecule has 0 atom stereocenters. The summed E-state index contributed by atoms with van der Waals surface area (Å²) in [6, 6.07) is 23.0. The molecule has 0 spiro atoms. The SMILES string of the molecule is CCS(=O)(=O)c1ccccc1C(=O)NCc1ccc(CN2CCc3ccccc32)cc1. The number of amides is 1. The topological polar surface area (TPSA) is 66.5 Å². The molecule has 4 rings (SSSR count). The molecule has 160 valence electrons. The highest BCUT2D eigenvalue weighted by atomic mass is 32.2. The van der Waals surface area contributed by atoms with Crippen molar-refractivity contribution in [2.24, 2.45) is 0 Å². The third kappa shape index (κ3) is 4.64. The predicted molar refractivity (Wildman–Crippen MR) is 123 cm³/mol. The molecule has 6 heteroatoms. The molecule has 3 aromatic rings. The Bertz CT molecular complexity index is 1190.